The molecule has 134 valence electrons. The summed E-state index contributed by atoms with van der Waals surface area (Å²) in [5.74, 6) is 0.149. The summed E-state index contributed by atoms with van der Waals surface area (Å²) >= 11 is 7.74. The lowest BCUT2D eigenvalue weighted by Crippen LogP contribution is -2.26. The SMILES string of the molecule is Fc1cccc(Cl)c1Nc1nc2c(C3N=CNN3)cccc2c2ccsc12. The molecular weight excluding hydrogens is 385 g/mol. The molecule has 4 aromatic rings. The lowest BCUT2D eigenvalue weighted by Gasteiger charge is -2.15. The second-order valence-corrected chi connectivity index (χ2v) is 7.38. The third-order valence-corrected chi connectivity index (χ3v) is 5.71. The number of thiophene rings is 1. The summed E-state index contributed by atoms with van der Waals surface area (Å²) in [7, 11) is 0. The van der Waals surface area contributed by atoms with Gasteiger partial charge in [0.2, 0.25) is 0 Å². The highest BCUT2D eigenvalue weighted by Gasteiger charge is 2.19. The number of nitrogens with zero attached hydrogens (tertiary/aromatic N) is 2. The predicted octanol–water partition coefficient (Wildman–Crippen LogP) is 5.12. The summed E-state index contributed by atoms with van der Waals surface area (Å²) in [5.41, 5.74) is 7.93. The summed E-state index contributed by atoms with van der Waals surface area (Å²) in [4.78, 5) is 9.21. The number of halogens is 2. The van der Waals surface area contributed by atoms with Crippen molar-refractivity contribution in [2.75, 3.05) is 5.32 Å². The monoisotopic (exact) mass is 397 g/mol. The smallest absolute Gasteiger partial charge is 0.149 e. The Morgan fingerprint density at radius 2 is 2.00 bits per heavy atom. The predicted molar refractivity (Wildman–Crippen MR) is 109 cm³/mol. The molecule has 0 radical (unpaired) electrons. The molecule has 0 amide bonds. The van der Waals surface area contributed by atoms with Gasteiger partial charge in [-0.15, -0.1) is 11.3 Å². The number of aliphatic imine (C=N–C) groups is 1. The third kappa shape index (κ3) is 2.71. The molecule has 1 aliphatic heterocycles. The van der Waals surface area contributed by atoms with Crippen LogP contribution in [0.4, 0.5) is 15.9 Å². The van der Waals surface area contributed by atoms with Gasteiger partial charge < -0.3 is 10.7 Å². The van der Waals surface area contributed by atoms with E-state index in [-0.39, 0.29) is 11.9 Å². The number of rotatable bonds is 3. The minimum absolute atomic E-state index is 0.219. The molecule has 0 spiro atoms. The Kier molecular flexibility index (Phi) is 3.93. The van der Waals surface area contributed by atoms with Gasteiger partial charge in [0.25, 0.3) is 0 Å². The highest BCUT2D eigenvalue weighted by Crippen LogP contribution is 2.38. The Bertz CT molecular complexity index is 1190. The van der Waals surface area contributed by atoms with Crippen LogP contribution in [0.2, 0.25) is 5.02 Å². The molecule has 1 aliphatic rings. The molecule has 5 rings (SSSR count). The van der Waals surface area contributed by atoms with Crippen LogP contribution in [0.25, 0.3) is 21.0 Å². The summed E-state index contributed by atoms with van der Waals surface area (Å²) in [5, 5.41) is 7.48. The van der Waals surface area contributed by atoms with Crippen LogP contribution in [0, 0.1) is 5.82 Å². The zero-order chi connectivity index (χ0) is 18.4. The fourth-order valence-corrected chi connectivity index (χ4v) is 4.30. The van der Waals surface area contributed by atoms with E-state index in [2.05, 4.69) is 21.2 Å². The summed E-state index contributed by atoms with van der Waals surface area (Å²) in [6, 6.07) is 12.6. The van der Waals surface area contributed by atoms with Crippen LogP contribution in [0.5, 0.6) is 0 Å². The molecule has 0 aliphatic carbocycles. The summed E-state index contributed by atoms with van der Waals surface area (Å²) in [6.07, 6.45) is 1.38. The van der Waals surface area contributed by atoms with Crippen molar-refractivity contribution < 1.29 is 4.39 Å². The summed E-state index contributed by atoms with van der Waals surface area (Å²) < 4.78 is 15.2. The second-order valence-electron chi connectivity index (χ2n) is 6.06. The van der Waals surface area contributed by atoms with Gasteiger partial charge in [-0.25, -0.2) is 19.8 Å². The van der Waals surface area contributed by atoms with E-state index in [1.54, 1.807) is 29.8 Å². The lowest BCUT2D eigenvalue weighted by molar-refractivity contribution is 0.579. The standard InChI is InChI=1S/C19H13ClFN5S/c20-13-5-2-6-14(21)16(13)25-19-17-11(7-8-27-17)10-3-1-4-12(15(10)24-19)18-22-9-23-26-18/h1-9,18,26H,(H,22,23)(H,24,25). The first-order chi connectivity index (χ1) is 13.2. The molecule has 2 aromatic carbocycles. The van der Waals surface area contributed by atoms with Gasteiger partial charge in [0.1, 0.15) is 17.8 Å². The van der Waals surface area contributed by atoms with E-state index in [4.69, 9.17) is 16.6 Å². The number of hydrogen-bond acceptors (Lipinski definition) is 6. The van der Waals surface area contributed by atoms with E-state index in [9.17, 15) is 4.39 Å². The number of hydrogen-bond donors (Lipinski definition) is 3. The Morgan fingerprint density at radius 1 is 1.11 bits per heavy atom. The van der Waals surface area contributed by atoms with Crippen molar-refractivity contribution in [1.82, 2.24) is 15.8 Å². The average molecular weight is 398 g/mol. The average Bonchev–Trinajstić information content (AvgIpc) is 3.36. The number of aromatic nitrogens is 1. The Balaban J connectivity index is 1.75. The highest BCUT2D eigenvalue weighted by molar-refractivity contribution is 7.18. The zero-order valence-electron chi connectivity index (χ0n) is 13.8. The topological polar surface area (TPSA) is 61.3 Å². The van der Waals surface area contributed by atoms with Gasteiger partial charge in [-0.05, 0) is 23.6 Å². The summed E-state index contributed by atoms with van der Waals surface area (Å²) in [6.45, 7) is 0. The van der Waals surface area contributed by atoms with Crippen LogP contribution < -0.4 is 16.2 Å². The molecule has 0 saturated carbocycles. The quantitative estimate of drug-likeness (QED) is 0.449. The molecule has 3 heterocycles. The van der Waals surface area contributed by atoms with E-state index in [1.165, 1.54) is 6.07 Å². The maximum Gasteiger partial charge on any atom is 0.149 e. The minimum atomic E-state index is -0.423. The first-order valence-corrected chi connectivity index (χ1v) is 9.52. The van der Waals surface area contributed by atoms with Gasteiger partial charge in [0.15, 0.2) is 0 Å². The van der Waals surface area contributed by atoms with Gasteiger partial charge >= 0.3 is 0 Å². The van der Waals surface area contributed by atoms with Crippen LogP contribution >= 0.6 is 22.9 Å². The molecule has 8 heteroatoms. The zero-order valence-corrected chi connectivity index (χ0v) is 15.4. The molecule has 1 unspecified atom stereocenters. The molecule has 0 bridgehead atoms. The Hall–Kier alpha value is -2.74. The van der Waals surface area contributed by atoms with Crippen LogP contribution in [0.3, 0.4) is 0 Å². The molecule has 2 aromatic heterocycles. The molecular formula is C19H13ClFN5S. The second kappa shape index (κ2) is 6.45. The molecule has 27 heavy (non-hydrogen) atoms. The van der Waals surface area contributed by atoms with Crippen LogP contribution in [-0.2, 0) is 0 Å². The van der Waals surface area contributed by atoms with Crippen molar-refractivity contribution in [2.45, 2.75) is 6.17 Å². The Labute approximate surface area is 162 Å². The number of nitrogens with one attached hydrogen (secondary N) is 3. The largest absolute Gasteiger partial charge is 0.335 e. The molecule has 5 nitrogen and oxygen atoms in total. The number of benzene rings is 2. The first kappa shape index (κ1) is 16.4. The molecule has 1 atom stereocenters. The van der Waals surface area contributed by atoms with Crippen LogP contribution in [-0.4, -0.2) is 11.3 Å². The van der Waals surface area contributed by atoms with Crippen molar-refractivity contribution in [1.29, 1.82) is 0 Å². The van der Waals surface area contributed by atoms with E-state index in [0.29, 0.717) is 10.8 Å². The van der Waals surface area contributed by atoms with Crippen molar-refractivity contribution >= 4 is 61.8 Å². The van der Waals surface area contributed by atoms with Gasteiger partial charge in [0.05, 0.1) is 27.3 Å². The van der Waals surface area contributed by atoms with E-state index in [1.807, 2.05) is 29.6 Å². The van der Waals surface area contributed by atoms with E-state index in [0.717, 1.165) is 26.6 Å². The number of anilines is 2. The number of hydrazine groups is 1. The molecule has 0 fully saturated rings. The Morgan fingerprint density at radius 3 is 2.81 bits per heavy atom. The number of pyridine rings is 1. The first-order valence-electron chi connectivity index (χ1n) is 8.26. The van der Waals surface area contributed by atoms with E-state index < -0.39 is 5.82 Å². The maximum absolute atomic E-state index is 14.3. The lowest BCUT2D eigenvalue weighted by atomic mass is 10.1. The third-order valence-electron chi connectivity index (χ3n) is 4.47. The van der Waals surface area contributed by atoms with Crippen molar-refractivity contribution in [3.63, 3.8) is 0 Å². The molecule has 3 N–H and O–H groups in total. The van der Waals surface area contributed by atoms with E-state index >= 15 is 0 Å². The van der Waals surface area contributed by atoms with Gasteiger partial charge in [-0.3, -0.25) is 0 Å². The van der Waals surface area contributed by atoms with Crippen molar-refractivity contribution in [3.05, 3.63) is 64.2 Å². The number of para-hydroxylation sites is 2. The molecule has 0 saturated heterocycles. The van der Waals surface area contributed by atoms with Gasteiger partial charge in [0, 0.05) is 16.3 Å². The maximum atomic E-state index is 14.3. The van der Waals surface area contributed by atoms with Crippen molar-refractivity contribution in [3.8, 4) is 0 Å². The van der Waals surface area contributed by atoms with Crippen molar-refractivity contribution in [2.24, 2.45) is 4.99 Å². The van der Waals surface area contributed by atoms with Crippen LogP contribution in [0.1, 0.15) is 11.7 Å². The fourth-order valence-electron chi connectivity index (χ4n) is 3.24. The normalized spacial score (nSPS) is 16.1. The van der Waals surface area contributed by atoms with Gasteiger partial charge in [-0.2, -0.15) is 0 Å². The highest BCUT2D eigenvalue weighted by atomic mass is 35.5. The minimum Gasteiger partial charge on any atom is -0.335 e. The van der Waals surface area contributed by atoms with Crippen LogP contribution in [0.15, 0.2) is 52.8 Å². The van der Waals surface area contributed by atoms with Gasteiger partial charge in [-0.1, -0.05) is 35.9 Å². The fraction of sp³-hybridized carbons (Fsp3) is 0.0526. The number of fused-ring (bicyclic) bond motifs is 3.